The van der Waals surface area contributed by atoms with E-state index in [2.05, 4.69) is 28.5 Å². The molecule has 4 nitrogen and oxygen atoms in total. The van der Waals surface area contributed by atoms with Crippen LogP contribution in [0.2, 0.25) is 0 Å². The summed E-state index contributed by atoms with van der Waals surface area (Å²) in [4.78, 5) is 16.2. The molecule has 0 radical (unpaired) electrons. The fraction of sp³-hybridized carbons (Fsp3) is 0.238. The maximum absolute atomic E-state index is 12.3. The maximum atomic E-state index is 12.3. The summed E-state index contributed by atoms with van der Waals surface area (Å²) in [6, 6.07) is 14.0. The van der Waals surface area contributed by atoms with Crippen molar-refractivity contribution in [3.63, 3.8) is 0 Å². The lowest BCUT2D eigenvalue weighted by Crippen LogP contribution is -2.15. The molecule has 1 amide bonds. The van der Waals surface area contributed by atoms with Gasteiger partial charge in [-0.05, 0) is 66.6 Å². The normalized spacial score (nSPS) is 13.3. The van der Waals surface area contributed by atoms with Crippen LogP contribution < -0.4 is 5.32 Å². The van der Waals surface area contributed by atoms with Crippen molar-refractivity contribution >= 4 is 11.6 Å². The Hall–Kier alpha value is -2.88. The summed E-state index contributed by atoms with van der Waals surface area (Å²) in [6.45, 7) is 0. The number of fused-ring (bicyclic) bond motifs is 1. The van der Waals surface area contributed by atoms with Gasteiger partial charge in [0.1, 0.15) is 0 Å². The van der Waals surface area contributed by atoms with E-state index in [-0.39, 0.29) is 5.91 Å². The molecule has 0 atom stereocenters. The first-order chi connectivity index (χ1) is 12.3. The lowest BCUT2D eigenvalue weighted by molar-refractivity contribution is -0.115. The molecular formula is C21H20N2O2. The van der Waals surface area contributed by atoms with E-state index in [1.165, 1.54) is 36.8 Å². The van der Waals surface area contributed by atoms with E-state index in [0.29, 0.717) is 12.2 Å². The summed E-state index contributed by atoms with van der Waals surface area (Å²) in [7, 11) is 0. The van der Waals surface area contributed by atoms with Crippen molar-refractivity contribution in [3.05, 3.63) is 71.7 Å². The van der Waals surface area contributed by atoms with Crippen LogP contribution in [-0.4, -0.2) is 10.9 Å². The molecule has 4 rings (SSSR count). The SMILES string of the molecule is O=C(Cc1ccc2c(c1)CCCC2)Nc1ccc(-c2cnco2)cc1. The Bertz CT molecular complexity index is 867. The molecule has 1 heterocycles. The van der Waals surface area contributed by atoms with E-state index in [4.69, 9.17) is 4.42 Å². The minimum Gasteiger partial charge on any atom is -0.444 e. The Morgan fingerprint density at radius 3 is 2.60 bits per heavy atom. The molecule has 1 aliphatic carbocycles. The monoisotopic (exact) mass is 332 g/mol. The van der Waals surface area contributed by atoms with Gasteiger partial charge in [0.15, 0.2) is 12.2 Å². The molecule has 0 fully saturated rings. The highest BCUT2D eigenvalue weighted by Crippen LogP contribution is 2.23. The van der Waals surface area contributed by atoms with Crippen molar-refractivity contribution in [3.8, 4) is 11.3 Å². The van der Waals surface area contributed by atoms with Gasteiger partial charge in [-0.15, -0.1) is 0 Å². The highest BCUT2D eigenvalue weighted by molar-refractivity contribution is 5.92. The van der Waals surface area contributed by atoms with Crippen molar-refractivity contribution in [2.24, 2.45) is 0 Å². The first kappa shape index (κ1) is 15.6. The summed E-state index contributed by atoms with van der Waals surface area (Å²) >= 11 is 0. The van der Waals surface area contributed by atoms with Crippen LogP contribution in [0.3, 0.4) is 0 Å². The van der Waals surface area contributed by atoms with Gasteiger partial charge in [-0.1, -0.05) is 18.2 Å². The number of oxazole rings is 1. The molecule has 0 bridgehead atoms. The molecule has 25 heavy (non-hydrogen) atoms. The van der Waals surface area contributed by atoms with Gasteiger partial charge in [0.25, 0.3) is 0 Å². The first-order valence-corrected chi connectivity index (χ1v) is 8.67. The van der Waals surface area contributed by atoms with Gasteiger partial charge in [-0.3, -0.25) is 4.79 Å². The van der Waals surface area contributed by atoms with Crippen LogP contribution in [0.25, 0.3) is 11.3 Å². The molecule has 0 spiro atoms. The average molecular weight is 332 g/mol. The molecule has 3 aromatic rings. The summed E-state index contributed by atoms with van der Waals surface area (Å²) in [6.07, 6.45) is 8.30. The molecule has 1 N–H and O–H groups in total. The Morgan fingerprint density at radius 2 is 1.84 bits per heavy atom. The number of hydrogen-bond donors (Lipinski definition) is 1. The molecular weight excluding hydrogens is 312 g/mol. The second-order valence-electron chi connectivity index (χ2n) is 6.48. The first-order valence-electron chi connectivity index (χ1n) is 8.67. The second-order valence-corrected chi connectivity index (χ2v) is 6.48. The van der Waals surface area contributed by atoms with Crippen LogP contribution in [0.4, 0.5) is 5.69 Å². The predicted octanol–water partition coefficient (Wildman–Crippen LogP) is 4.40. The largest absolute Gasteiger partial charge is 0.444 e. The van der Waals surface area contributed by atoms with Crippen LogP contribution in [0.15, 0.2) is 59.5 Å². The summed E-state index contributed by atoms with van der Waals surface area (Å²) < 4.78 is 5.27. The quantitative estimate of drug-likeness (QED) is 0.770. The van der Waals surface area contributed by atoms with E-state index >= 15 is 0 Å². The van der Waals surface area contributed by atoms with Crippen molar-refractivity contribution in [2.75, 3.05) is 5.32 Å². The van der Waals surface area contributed by atoms with Gasteiger partial charge < -0.3 is 9.73 Å². The van der Waals surface area contributed by atoms with E-state index in [1.807, 2.05) is 24.3 Å². The maximum Gasteiger partial charge on any atom is 0.228 e. The highest BCUT2D eigenvalue weighted by Gasteiger charge is 2.11. The third kappa shape index (κ3) is 3.63. The molecule has 1 aromatic heterocycles. The average Bonchev–Trinajstić information content (AvgIpc) is 3.17. The Balaban J connectivity index is 1.40. The number of nitrogens with one attached hydrogen (secondary N) is 1. The number of aryl methyl sites for hydroxylation is 2. The van der Waals surface area contributed by atoms with Gasteiger partial charge in [0, 0.05) is 11.3 Å². The van der Waals surface area contributed by atoms with Crippen LogP contribution >= 0.6 is 0 Å². The minimum absolute atomic E-state index is 0.00294. The zero-order valence-corrected chi connectivity index (χ0v) is 14.0. The number of aromatic nitrogens is 1. The number of nitrogens with zero attached hydrogens (tertiary/aromatic N) is 1. The third-order valence-electron chi connectivity index (χ3n) is 4.66. The van der Waals surface area contributed by atoms with Crippen molar-refractivity contribution in [1.29, 1.82) is 0 Å². The molecule has 0 saturated heterocycles. The number of carbonyl (C=O) groups excluding carboxylic acids is 1. The van der Waals surface area contributed by atoms with Crippen LogP contribution in [-0.2, 0) is 24.1 Å². The Kier molecular flexibility index (Phi) is 4.34. The van der Waals surface area contributed by atoms with Gasteiger partial charge in [-0.25, -0.2) is 4.98 Å². The Morgan fingerprint density at radius 1 is 1.04 bits per heavy atom. The number of hydrogen-bond acceptors (Lipinski definition) is 3. The lowest BCUT2D eigenvalue weighted by atomic mass is 9.90. The molecule has 0 unspecified atom stereocenters. The van der Waals surface area contributed by atoms with Crippen molar-refractivity contribution in [1.82, 2.24) is 4.98 Å². The summed E-state index contributed by atoms with van der Waals surface area (Å²) in [5.74, 6) is 0.718. The second kappa shape index (κ2) is 6.93. The summed E-state index contributed by atoms with van der Waals surface area (Å²) in [5.41, 5.74) is 5.65. The topological polar surface area (TPSA) is 55.1 Å². The van der Waals surface area contributed by atoms with Crippen LogP contribution in [0, 0.1) is 0 Å². The molecule has 2 aromatic carbocycles. The number of amides is 1. The third-order valence-corrected chi connectivity index (χ3v) is 4.66. The van der Waals surface area contributed by atoms with Gasteiger partial charge in [0.2, 0.25) is 5.91 Å². The number of rotatable bonds is 4. The number of anilines is 1. The highest BCUT2D eigenvalue weighted by atomic mass is 16.3. The van der Waals surface area contributed by atoms with E-state index in [9.17, 15) is 4.79 Å². The predicted molar refractivity (Wildman–Crippen MR) is 97.4 cm³/mol. The van der Waals surface area contributed by atoms with E-state index in [0.717, 1.165) is 23.2 Å². The van der Waals surface area contributed by atoms with E-state index in [1.54, 1.807) is 6.20 Å². The number of carbonyl (C=O) groups is 1. The Labute approximate surface area is 146 Å². The zero-order chi connectivity index (χ0) is 17.1. The molecule has 0 aliphatic heterocycles. The molecule has 0 saturated carbocycles. The zero-order valence-electron chi connectivity index (χ0n) is 14.0. The van der Waals surface area contributed by atoms with Gasteiger partial charge in [0.05, 0.1) is 12.6 Å². The lowest BCUT2D eigenvalue weighted by Gasteiger charge is -2.16. The number of benzene rings is 2. The summed E-state index contributed by atoms with van der Waals surface area (Å²) in [5, 5.41) is 2.96. The van der Waals surface area contributed by atoms with Crippen LogP contribution in [0.1, 0.15) is 29.5 Å². The molecule has 4 heteroatoms. The van der Waals surface area contributed by atoms with Crippen molar-refractivity contribution < 1.29 is 9.21 Å². The smallest absolute Gasteiger partial charge is 0.228 e. The fourth-order valence-corrected chi connectivity index (χ4v) is 3.36. The fourth-order valence-electron chi connectivity index (χ4n) is 3.36. The van der Waals surface area contributed by atoms with Crippen molar-refractivity contribution in [2.45, 2.75) is 32.1 Å². The molecule has 1 aliphatic rings. The molecule has 126 valence electrons. The van der Waals surface area contributed by atoms with E-state index < -0.39 is 0 Å². The standard InChI is InChI=1S/C21H20N2O2/c24-21(12-15-5-6-16-3-1-2-4-18(16)11-15)23-19-9-7-17(8-10-19)20-13-22-14-25-20/h5-11,13-14H,1-4,12H2,(H,23,24). The van der Waals surface area contributed by atoms with Gasteiger partial charge in [-0.2, -0.15) is 0 Å². The minimum atomic E-state index is 0.00294. The van der Waals surface area contributed by atoms with Gasteiger partial charge >= 0.3 is 0 Å². The van der Waals surface area contributed by atoms with Crippen LogP contribution in [0.5, 0.6) is 0 Å².